The number of rotatable bonds is 3. The second-order valence-corrected chi connectivity index (χ2v) is 4.87. The third-order valence-corrected chi connectivity index (χ3v) is 3.47. The van der Waals surface area contributed by atoms with E-state index < -0.39 is 5.60 Å². The molecule has 0 saturated carbocycles. The maximum Gasteiger partial charge on any atom is 0.174 e. The summed E-state index contributed by atoms with van der Waals surface area (Å²) in [4.78, 5) is 4.08. The molecule has 0 aliphatic rings. The predicted molar refractivity (Wildman–Crippen MR) is 76.5 cm³/mol. The molecule has 0 saturated heterocycles. The van der Waals surface area contributed by atoms with Gasteiger partial charge in [-0.3, -0.25) is 4.98 Å². The molecule has 1 aromatic carbocycles. The highest BCUT2D eigenvalue weighted by Crippen LogP contribution is 2.36. The van der Waals surface area contributed by atoms with Gasteiger partial charge in [-0.2, -0.15) is 0 Å². The van der Waals surface area contributed by atoms with Gasteiger partial charge >= 0.3 is 0 Å². The van der Waals surface area contributed by atoms with Gasteiger partial charge in [0.25, 0.3) is 0 Å². The molecular formula is C16H12ClNO2. The highest BCUT2D eigenvalue weighted by Gasteiger charge is 2.36. The highest BCUT2D eigenvalue weighted by molar-refractivity contribution is 6.30. The Morgan fingerprint density at radius 3 is 2.40 bits per heavy atom. The van der Waals surface area contributed by atoms with Crippen molar-refractivity contribution in [3.8, 4) is 0 Å². The van der Waals surface area contributed by atoms with Crippen molar-refractivity contribution in [1.82, 2.24) is 4.98 Å². The van der Waals surface area contributed by atoms with Crippen molar-refractivity contribution in [2.75, 3.05) is 0 Å². The van der Waals surface area contributed by atoms with Crippen molar-refractivity contribution in [3.63, 3.8) is 0 Å². The summed E-state index contributed by atoms with van der Waals surface area (Å²) in [5.74, 6) is 0.438. The van der Waals surface area contributed by atoms with E-state index in [0.717, 1.165) is 0 Å². The fourth-order valence-electron chi connectivity index (χ4n) is 2.20. The summed E-state index contributed by atoms with van der Waals surface area (Å²) in [6.07, 6.45) is 4.82. The Morgan fingerprint density at radius 2 is 1.80 bits per heavy atom. The molecule has 0 radical (unpaired) electrons. The molecular weight excluding hydrogens is 274 g/mol. The lowest BCUT2D eigenvalue weighted by Crippen LogP contribution is -2.28. The molecule has 2 aromatic heterocycles. The number of aliphatic hydroxyl groups is 1. The van der Waals surface area contributed by atoms with Crippen molar-refractivity contribution >= 4 is 11.6 Å². The highest BCUT2D eigenvalue weighted by atomic mass is 35.5. The summed E-state index contributed by atoms with van der Waals surface area (Å²) >= 11 is 5.92. The van der Waals surface area contributed by atoms with E-state index >= 15 is 0 Å². The summed E-state index contributed by atoms with van der Waals surface area (Å²) in [6, 6.07) is 14.1. The molecule has 0 fully saturated rings. The number of benzene rings is 1. The van der Waals surface area contributed by atoms with Crippen molar-refractivity contribution in [1.29, 1.82) is 0 Å². The van der Waals surface area contributed by atoms with Crippen LogP contribution >= 0.6 is 11.6 Å². The molecule has 0 aliphatic carbocycles. The summed E-state index contributed by atoms with van der Waals surface area (Å²) in [6.45, 7) is 0. The zero-order valence-corrected chi connectivity index (χ0v) is 11.3. The summed E-state index contributed by atoms with van der Waals surface area (Å²) in [7, 11) is 0. The van der Waals surface area contributed by atoms with Gasteiger partial charge in [0.05, 0.1) is 6.26 Å². The third-order valence-electron chi connectivity index (χ3n) is 3.22. The van der Waals surface area contributed by atoms with Gasteiger partial charge in [-0.05, 0) is 35.9 Å². The quantitative estimate of drug-likeness (QED) is 0.799. The predicted octanol–water partition coefficient (Wildman–Crippen LogP) is 3.61. The molecule has 0 bridgehead atoms. The van der Waals surface area contributed by atoms with E-state index in [4.69, 9.17) is 16.0 Å². The van der Waals surface area contributed by atoms with E-state index in [9.17, 15) is 5.11 Å². The molecule has 3 aromatic rings. The van der Waals surface area contributed by atoms with E-state index in [1.54, 1.807) is 54.9 Å². The SMILES string of the molecule is OC(c1ccc(Cl)cc1)(c1cccnc1)c1ccco1. The largest absolute Gasteiger partial charge is 0.466 e. The molecule has 1 unspecified atom stereocenters. The number of hydrogen-bond acceptors (Lipinski definition) is 3. The summed E-state index contributed by atoms with van der Waals surface area (Å²) in [5, 5.41) is 11.8. The smallest absolute Gasteiger partial charge is 0.174 e. The van der Waals surface area contributed by atoms with Crippen LogP contribution in [0.3, 0.4) is 0 Å². The van der Waals surface area contributed by atoms with Crippen LogP contribution in [-0.2, 0) is 5.60 Å². The topological polar surface area (TPSA) is 46.3 Å². The fraction of sp³-hybridized carbons (Fsp3) is 0.0625. The minimum absolute atomic E-state index is 0.438. The molecule has 1 atom stereocenters. The maximum absolute atomic E-state index is 11.2. The Hall–Kier alpha value is -2.10. The van der Waals surface area contributed by atoms with Gasteiger partial charge in [-0.1, -0.05) is 29.8 Å². The van der Waals surface area contributed by atoms with Crippen LogP contribution in [0.15, 0.2) is 71.6 Å². The summed E-state index contributed by atoms with van der Waals surface area (Å²) < 4.78 is 5.43. The van der Waals surface area contributed by atoms with Gasteiger partial charge in [0.15, 0.2) is 5.60 Å². The number of nitrogens with zero attached hydrogens (tertiary/aromatic N) is 1. The van der Waals surface area contributed by atoms with E-state index in [-0.39, 0.29) is 0 Å². The van der Waals surface area contributed by atoms with Gasteiger partial charge in [0.2, 0.25) is 0 Å². The van der Waals surface area contributed by atoms with Crippen LogP contribution in [-0.4, -0.2) is 10.1 Å². The van der Waals surface area contributed by atoms with Crippen LogP contribution in [0.4, 0.5) is 0 Å². The molecule has 100 valence electrons. The van der Waals surface area contributed by atoms with Crippen LogP contribution in [0.1, 0.15) is 16.9 Å². The second kappa shape index (κ2) is 5.12. The second-order valence-electron chi connectivity index (χ2n) is 4.44. The number of halogens is 1. The number of hydrogen-bond donors (Lipinski definition) is 1. The molecule has 2 heterocycles. The average Bonchev–Trinajstić information content (AvgIpc) is 3.03. The minimum atomic E-state index is -1.39. The third kappa shape index (κ3) is 2.11. The average molecular weight is 286 g/mol. The minimum Gasteiger partial charge on any atom is -0.466 e. The van der Waals surface area contributed by atoms with E-state index in [0.29, 0.717) is 21.9 Å². The zero-order chi connectivity index (χ0) is 14.0. The van der Waals surface area contributed by atoms with E-state index in [2.05, 4.69) is 4.98 Å². The molecule has 20 heavy (non-hydrogen) atoms. The Balaban J connectivity index is 2.21. The Labute approximate surface area is 121 Å². The van der Waals surface area contributed by atoms with Gasteiger partial charge in [0, 0.05) is 23.0 Å². The number of pyridine rings is 1. The first-order valence-corrected chi connectivity index (χ1v) is 6.52. The Kier molecular flexibility index (Phi) is 3.30. The molecule has 3 rings (SSSR count). The van der Waals surface area contributed by atoms with Crippen LogP contribution in [0.5, 0.6) is 0 Å². The molecule has 4 heteroatoms. The first-order valence-electron chi connectivity index (χ1n) is 6.14. The normalized spacial score (nSPS) is 13.9. The van der Waals surface area contributed by atoms with Crippen molar-refractivity contribution < 1.29 is 9.52 Å². The van der Waals surface area contributed by atoms with Crippen LogP contribution in [0.2, 0.25) is 5.02 Å². The van der Waals surface area contributed by atoms with Crippen molar-refractivity contribution in [2.24, 2.45) is 0 Å². The molecule has 0 aliphatic heterocycles. The van der Waals surface area contributed by atoms with Gasteiger partial charge < -0.3 is 9.52 Å². The van der Waals surface area contributed by atoms with Crippen LogP contribution in [0, 0.1) is 0 Å². The standard InChI is InChI=1S/C16H12ClNO2/c17-14-7-5-12(6-8-14)16(19,15-4-2-10-20-15)13-3-1-9-18-11-13/h1-11,19H. The van der Waals surface area contributed by atoms with E-state index in [1.165, 1.54) is 6.26 Å². The molecule has 3 nitrogen and oxygen atoms in total. The van der Waals surface area contributed by atoms with Gasteiger partial charge in [0.1, 0.15) is 5.76 Å². The Bertz CT molecular complexity index is 680. The lowest BCUT2D eigenvalue weighted by Gasteiger charge is -2.26. The number of furan rings is 1. The molecule has 1 N–H and O–H groups in total. The lowest BCUT2D eigenvalue weighted by atomic mass is 9.85. The first kappa shape index (κ1) is 12.9. The molecule has 0 spiro atoms. The lowest BCUT2D eigenvalue weighted by molar-refractivity contribution is 0.0986. The van der Waals surface area contributed by atoms with E-state index in [1.807, 2.05) is 6.07 Å². The monoisotopic (exact) mass is 285 g/mol. The van der Waals surface area contributed by atoms with Crippen LogP contribution in [0.25, 0.3) is 0 Å². The summed E-state index contributed by atoms with van der Waals surface area (Å²) in [5.41, 5.74) is -0.0790. The Morgan fingerprint density at radius 1 is 1.00 bits per heavy atom. The van der Waals surface area contributed by atoms with Gasteiger partial charge in [-0.25, -0.2) is 0 Å². The molecule has 0 amide bonds. The number of aromatic nitrogens is 1. The maximum atomic E-state index is 11.2. The van der Waals surface area contributed by atoms with Gasteiger partial charge in [-0.15, -0.1) is 0 Å². The first-order chi connectivity index (χ1) is 9.71. The zero-order valence-electron chi connectivity index (χ0n) is 10.5. The van der Waals surface area contributed by atoms with Crippen LogP contribution < -0.4 is 0 Å². The fourth-order valence-corrected chi connectivity index (χ4v) is 2.33. The van der Waals surface area contributed by atoms with Crippen molar-refractivity contribution in [2.45, 2.75) is 5.60 Å². The van der Waals surface area contributed by atoms with Crippen molar-refractivity contribution in [3.05, 3.63) is 89.1 Å².